The first-order chi connectivity index (χ1) is 15.5. The molecule has 2 fully saturated rings. The Morgan fingerprint density at radius 1 is 1.12 bits per heavy atom. The van der Waals surface area contributed by atoms with Gasteiger partial charge in [0.2, 0.25) is 11.8 Å². The second kappa shape index (κ2) is 8.38. The van der Waals surface area contributed by atoms with Gasteiger partial charge in [-0.05, 0) is 55.2 Å². The molecule has 2 amide bonds. The molecule has 0 bridgehead atoms. The highest BCUT2D eigenvalue weighted by molar-refractivity contribution is 5.92. The van der Waals surface area contributed by atoms with E-state index in [2.05, 4.69) is 20.5 Å². The number of rotatable bonds is 4. The number of pyridine rings is 1. The van der Waals surface area contributed by atoms with Crippen LogP contribution in [0, 0.1) is 5.82 Å². The Balaban J connectivity index is 1.21. The van der Waals surface area contributed by atoms with Gasteiger partial charge in [-0.1, -0.05) is 6.07 Å². The fourth-order valence-electron chi connectivity index (χ4n) is 4.83. The lowest BCUT2D eigenvalue weighted by Gasteiger charge is -2.44. The molecule has 3 atom stereocenters. The number of aromatic nitrogens is 1. The van der Waals surface area contributed by atoms with Crippen LogP contribution in [-0.2, 0) is 16.0 Å². The third kappa shape index (κ3) is 3.88. The van der Waals surface area contributed by atoms with Crippen molar-refractivity contribution in [3.8, 4) is 0 Å². The summed E-state index contributed by atoms with van der Waals surface area (Å²) >= 11 is 0. The Hall–Kier alpha value is -3.20. The summed E-state index contributed by atoms with van der Waals surface area (Å²) in [6.07, 6.45) is 2.23. The van der Waals surface area contributed by atoms with Gasteiger partial charge in [-0.2, -0.15) is 0 Å². The molecule has 3 heterocycles. The summed E-state index contributed by atoms with van der Waals surface area (Å²) in [5.41, 5.74) is 8.59. The van der Waals surface area contributed by atoms with Crippen LogP contribution >= 0.6 is 0 Å². The summed E-state index contributed by atoms with van der Waals surface area (Å²) in [5.74, 6) is 0.0196. The SMILES string of the molecule is Nc1ccc2c(n1)CCC2NC(=O)[C@@H]1CCN1C(=O)[C@H]1CN(c2ccc(F)cc2)CCN1. The third-order valence-corrected chi connectivity index (χ3v) is 6.66. The summed E-state index contributed by atoms with van der Waals surface area (Å²) in [6, 6.07) is 9.04. The van der Waals surface area contributed by atoms with Gasteiger partial charge < -0.3 is 26.2 Å². The van der Waals surface area contributed by atoms with Crippen LogP contribution in [0.2, 0.25) is 0 Å². The number of aryl methyl sites for hydroxylation is 1. The molecule has 2 aliphatic heterocycles. The molecule has 8 nitrogen and oxygen atoms in total. The van der Waals surface area contributed by atoms with E-state index in [1.54, 1.807) is 23.1 Å². The number of anilines is 2. The second-order valence-electron chi connectivity index (χ2n) is 8.64. The van der Waals surface area contributed by atoms with Gasteiger partial charge in [-0.15, -0.1) is 0 Å². The van der Waals surface area contributed by atoms with Gasteiger partial charge in [-0.3, -0.25) is 9.59 Å². The highest BCUT2D eigenvalue weighted by Gasteiger charge is 2.42. The number of piperazine rings is 1. The molecule has 0 radical (unpaired) electrons. The molecule has 0 saturated carbocycles. The van der Waals surface area contributed by atoms with E-state index in [0.29, 0.717) is 31.9 Å². The van der Waals surface area contributed by atoms with Crippen LogP contribution in [0.1, 0.15) is 30.1 Å². The smallest absolute Gasteiger partial charge is 0.243 e. The van der Waals surface area contributed by atoms with Crippen LogP contribution in [-0.4, -0.2) is 60.0 Å². The molecule has 1 unspecified atom stereocenters. The van der Waals surface area contributed by atoms with Gasteiger partial charge in [0, 0.05) is 37.6 Å². The molecule has 32 heavy (non-hydrogen) atoms. The highest BCUT2D eigenvalue weighted by Crippen LogP contribution is 2.31. The summed E-state index contributed by atoms with van der Waals surface area (Å²) in [5, 5.41) is 6.38. The topological polar surface area (TPSA) is 104 Å². The predicted octanol–water partition coefficient (Wildman–Crippen LogP) is 0.986. The van der Waals surface area contributed by atoms with Crippen LogP contribution in [0.4, 0.5) is 15.9 Å². The number of amides is 2. The number of carbonyl (C=O) groups excluding carboxylic acids is 2. The minimum absolute atomic E-state index is 0.0653. The molecule has 1 aromatic heterocycles. The first-order valence-corrected chi connectivity index (χ1v) is 11.1. The van der Waals surface area contributed by atoms with Crippen molar-refractivity contribution < 1.29 is 14.0 Å². The maximum absolute atomic E-state index is 13.2. The maximum Gasteiger partial charge on any atom is 0.243 e. The van der Waals surface area contributed by atoms with Crippen molar-refractivity contribution in [3.63, 3.8) is 0 Å². The molecule has 1 aliphatic carbocycles. The molecule has 9 heteroatoms. The number of hydrogen-bond acceptors (Lipinski definition) is 6. The number of halogens is 1. The minimum atomic E-state index is -0.448. The average molecular weight is 439 g/mol. The average Bonchev–Trinajstić information content (AvgIpc) is 3.15. The van der Waals surface area contributed by atoms with E-state index in [4.69, 9.17) is 5.73 Å². The lowest BCUT2D eigenvalue weighted by atomic mass is 9.98. The zero-order valence-corrected chi connectivity index (χ0v) is 17.8. The van der Waals surface area contributed by atoms with E-state index in [9.17, 15) is 14.0 Å². The van der Waals surface area contributed by atoms with Crippen LogP contribution < -0.4 is 21.3 Å². The normalized spacial score (nSPS) is 24.6. The molecule has 5 rings (SSSR count). The van der Waals surface area contributed by atoms with Crippen LogP contribution in [0.15, 0.2) is 36.4 Å². The lowest BCUT2D eigenvalue weighted by Crippen LogP contribution is -2.65. The quantitative estimate of drug-likeness (QED) is 0.658. The fourth-order valence-corrected chi connectivity index (χ4v) is 4.83. The number of benzene rings is 1. The van der Waals surface area contributed by atoms with Crippen molar-refractivity contribution in [3.05, 3.63) is 53.5 Å². The van der Waals surface area contributed by atoms with E-state index in [1.165, 1.54) is 12.1 Å². The van der Waals surface area contributed by atoms with Gasteiger partial charge in [0.05, 0.1) is 6.04 Å². The van der Waals surface area contributed by atoms with Crippen LogP contribution in [0.5, 0.6) is 0 Å². The molecule has 2 aromatic rings. The number of likely N-dealkylation sites (tertiary alicyclic amines) is 1. The molecule has 0 spiro atoms. The van der Waals surface area contributed by atoms with Crippen molar-refractivity contribution in [1.29, 1.82) is 0 Å². The third-order valence-electron chi connectivity index (χ3n) is 6.66. The number of nitrogens with zero attached hydrogens (tertiary/aromatic N) is 3. The predicted molar refractivity (Wildman–Crippen MR) is 118 cm³/mol. The van der Waals surface area contributed by atoms with E-state index < -0.39 is 12.1 Å². The Bertz CT molecular complexity index is 1030. The molecule has 2 saturated heterocycles. The zero-order valence-electron chi connectivity index (χ0n) is 17.8. The Morgan fingerprint density at radius 3 is 2.69 bits per heavy atom. The van der Waals surface area contributed by atoms with Crippen molar-refractivity contribution >= 4 is 23.3 Å². The Morgan fingerprint density at radius 2 is 1.94 bits per heavy atom. The molecular formula is C23H27FN6O2. The van der Waals surface area contributed by atoms with Crippen molar-refractivity contribution in [2.75, 3.05) is 36.8 Å². The first kappa shape index (κ1) is 20.7. The summed E-state index contributed by atoms with van der Waals surface area (Å²) in [4.78, 5) is 34.2. The number of nitrogen functional groups attached to an aromatic ring is 1. The van der Waals surface area contributed by atoms with Gasteiger partial charge in [0.25, 0.3) is 0 Å². The monoisotopic (exact) mass is 438 g/mol. The van der Waals surface area contributed by atoms with Gasteiger partial charge in [-0.25, -0.2) is 9.37 Å². The standard InChI is InChI=1S/C23H27FN6O2/c24-14-1-3-15(4-2-14)29-12-10-26-19(13-29)23(32)30-11-9-20(30)22(31)28-18-7-6-17-16(18)5-8-21(25)27-17/h1-5,8,18-20,26H,6-7,9-13H2,(H2,25,27)(H,28,31)/t18?,19-,20+/m1/s1. The second-order valence-corrected chi connectivity index (χ2v) is 8.64. The van der Waals surface area contributed by atoms with Gasteiger partial charge >= 0.3 is 0 Å². The summed E-state index contributed by atoms with van der Waals surface area (Å²) < 4.78 is 13.2. The molecule has 168 valence electrons. The van der Waals surface area contributed by atoms with Crippen molar-refractivity contribution in [2.45, 2.75) is 37.4 Å². The van der Waals surface area contributed by atoms with E-state index in [-0.39, 0.29) is 23.7 Å². The number of carbonyl (C=O) groups is 2. The molecular weight excluding hydrogens is 411 g/mol. The fraction of sp³-hybridized carbons (Fsp3) is 0.435. The van der Waals surface area contributed by atoms with E-state index >= 15 is 0 Å². The van der Waals surface area contributed by atoms with Crippen LogP contribution in [0.25, 0.3) is 0 Å². The van der Waals surface area contributed by atoms with Gasteiger partial charge in [0.1, 0.15) is 23.7 Å². The number of fused-ring (bicyclic) bond motifs is 1. The summed E-state index contributed by atoms with van der Waals surface area (Å²) in [6.45, 7) is 2.44. The summed E-state index contributed by atoms with van der Waals surface area (Å²) in [7, 11) is 0. The molecule has 4 N–H and O–H groups in total. The zero-order chi connectivity index (χ0) is 22.2. The van der Waals surface area contributed by atoms with Crippen LogP contribution in [0.3, 0.4) is 0 Å². The maximum atomic E-state index is 13.2. The number of nitrogens with two attached hydrogens (primary N) is 1. The number of nitrogens with one attached hydrogen (secondary N) is 2. The minimum Gasteiger partial charge on any atom is -0.384 e. The van der Waals surface area contributed by atoms with Crippen molar-refractivity contribution in [2.24, 2.45) is 0 Å². The highest BCUT2D eigenvalue weighted by atomic mass is 19.1. The van der Waals surface area contributed by atoms with Crippen molar-refractivity contribution in [1.82, 2.24) is 20.5 Å². The Kier molecular flexibility index (Phi) is 5.42. The molecule has 1 aromatic carbocycles. The van der Waals surface area contributed by atoms with Gasteiger partial charge in [0.15, 0.2) is 0 Å². The largest absolute Gasteiger partial charge is 0.384 e. The molecule has 3 aliphatic rings. The lowest BCUT2D eigenvalue weighted by molar-refractivity contribution is -0.149. The van der Waals surface area contributed by atoms with E-state index in [1.807, 2.05) is 6.07 Å². The Labute approximate surface area is 186 Å². The number of hydrogen-bond donors (Lipinski definition) is 3. The van der Waals surface area contributed by atoms with E-state index in [0.717, 1.165) is 36.3 Å². The first-order valence-electron chi connectivity index (χ1n) is 11.1.